The summed E-state index contributed by atoms with van der Waals surface area (Å²) in [4.78, 5) is 18.2. The van der Waals surface area contributed by atoms with Crippen molar-refractivity contribution in [3.8, 4) is 0 Å². The summed E-state index contributed by atoms with van der Waals surface area (Å²) < 4.78 is 5.18. The maximum absolute atomic E-state index is 13.0. The van der Waals surface area contributed by atoms with Gasteiger partial charge in [0.2, 0.25) is 5.89 Å². The third-order valence-electron chi connectivity index (χ3n) is 5.59. The maximum Gasteiger partial charge on any atom is 0.252 e. The van der Waals surface area contributed by atoms with Crippen LogP contribution in [0.1, 0.15) is 53.3 Å². The van der Waals surface area contributed by atoms with Crippen molar-refractivity contribution in [1.29, 1.82) is 0 Å². The molecule has 0 bridgehead atoms. The number of aryl methyl sites for hydroxylation is 1. The van der Waals surface area contributed by atoms with Crippen LogP contribution in [0.5, 0.6) is 0 Å². The van der Waals surface area contributed by atoms with Gasteiger partial charge in [0, 0.05) is 16.9 Å². The second-order valence-electron chi connectivity index (χ2n) is 7.56. The highest BCUT2D eigenvalue weighted by Crippen LogP contribution is 2.40. The second kappa shape index (κ2) is 8.82. The van der Waals surface area contributed by atoms with Gasteiger partial charge in [0.15, 0.2) is 5.82 Å². The molecule has 5 nitrogen and oxygen atoms in total. The van der Waals surface area contributed by atoms with Gasteiger partial charge in [-0.05, 0) is 37.5 Å². The zero-order valence-electron chi connectivity index (χ0n) is 16.6. The van der Waals surface area contributed by atoms with Crippen LogP contribution in [0.2, 0.25) is 0 Å². The van der Waals surface area contributed by atoms with Crippen molar-refractivity contribution >= 4 is 17.7 Å². The highest BCUT2D eigenvalue weighted by atomic mass is 32.2. The van der Waals surface area contributed by atoms with E-state index in [2.05, 4.69) is 39.7 Å². The number of rotatable bonds is 7. The Morgan fingerprint density at radius 2 is 1.83 bits per heavy atom. The molecule has 1 amide bonds. The van der Waals surface area contributed by atoms with Crippen molar-refractivity contribution < 1.29 is 9.32 Å². The number of benzene rings is 2. The van der Waals surface area contributed by atoms with Gasteiger partial charge < -0.3 is 9.84 Å². The highest BCUT2D eigenvalue weighted by Gasteiger charge is 2.35. The van der Waals surface area contributed by atoms with Crippen LogP contribution in [-0.4, -0.2) is 22.6 Å². The fourth-order valence-corrected chi connectivity index (χ4v) is 4.96. The first-order valence-corrected chi connectivity index (χ1v) is 11.0. The van der Waals surface area contributed by atoms with E-state index in [4.69, 9.17) is 4.52 Å². The summed E-state index contributed by atoms with van der Waals surface area (Å²) in [7, 11) is 0. The third-order valence-corrected chi connectivity index (χ3v) is 6.64. The number of carbonyl (C=O) groups excluding carboxylic acids is 1. The molecule has 0 saturated heterocycles. The van der Waals surface area contributed by atoms with E-state index in [9.17, 15) is 4.79 Å². The molecular formula is C23H25N3O2S. The molecule has 3 aromatic rings. The van der Waals surface area contributed by atoms with Crippen LogP contribution in [0.15, 0.2) is 64.0 Å². The lowest BCUT2D eigenvalue weighted by atomic mass is 9.79. The standard InChI is InChI=1S/C23H25N3O2S/c1-17-25-21(28-26-17)15-29-20-12-6-5-11-19(20)22(27)24-16-23(13-7-8-14-23)18-9-3-2-4-10-18/h2-6,9-12H,7-8,13-16H2,1H3,(H,24,27). The van der Waals surface area contributed by atoms with Crippen LogP contribution < -0.4 is 5.32 Å². The molecule has 6 heteroatoms. The Kier molecular flexibility index (Phi) is 6.00. The predicted molar refractivity (Wildman–Crippen MR) is 114 cm³/mol. The Hall–Kier alpha value is -2.60. The molecular weight excluding hydrogens is 382 g/mol. The molecule has 150 valence electrons. The predicted octanol–water partition coefficient (Wildman–Crippen LogP) is 4.91. The molecule has 29 heavy (non-hydrogen) atoms. The molecule has 4 rings (SSSR count). The first kappa shape index (κ1) is 19.7. The normalized spacial score (nSPS) is 15.3. The van der Waals surface area contributed by atoms with E-state index in [1.54, 1.807) is 6.92 Å². The minimum Gasteiger partial charge on any atom is -0.351 e. The van der Waals surface area contributed by atoms with E-state index in [0.29, 0.717) is 29.6 Å². The fraction of sp³-hybridized carbons (Fsp3) is 0.348. The Balaban J connectivity index is 1.45. The van der Waals surface area contributed by atoms with Gasteiger partial charge in [-0.2, -0.15) is 4.98 Å². The number of nitrogens with one attached hydrogen (secondary N) is 1. The van der Waals surface area contributed by atoms with E-state index >= 15 is 0 Å². The van der Waals surface area contributed by atoms with Crippen LogP contribution in [0.25, 0.3) is 0 Å². The number of aromatic nitrogens is 2. The molecule has 2 aromatic carbocycles. The number of hydrogen-bond acceptors (Lipinski definition) is 5. The lowest BCUT2D eigenvalue weighted by molar-refractivity contribution is 0.0940. The third kappa shape index (κ3) is 4.53. The van der Waals surface area contributed by atoms with Crippen LogP contribution in [0, 0.1) is 6.92 Å². The van der Waals surface area contributed by atoms with Crippen molar-refractivity contribution in [3.05, 3.63) is 77.4 Å². The van der Waals surface area contributed by atoms with Gasteiger partial charge in [0.25, 0.3) is 5.91 Å². The first-order valence-electron chi connectivity index (χ1n) is 10.0. The molecule has 0 aliphatic heterocycles. The summed E-state index contributed by atoms with van der Waals surface area (Å²) in [6, 6.07) is 18.3. The lowest BCUT2D eigenvalue weighted by Gasteiger charge is -2.30. The van der Waals surface area contributed by atoms with Gasteiger partial charge in [-0.15, -0.1) is 11.8 Å². The summed E-state index contributed by atoms with van der Waals surface area (Å²) in [5, 5.41) is 7.04. The van der Waals surface area contributed by atoms with Gasteiger partial charge in [-0.3, -0.25) is 4.79 Å². The molecule has 1 saturated carbocycles. The molecule has 1 aliphatic carbocycles. The maximum atomic E-state index is 13.0. The quantitative estimate of drug-likeness (QED) is 0.564. The number of nitrogens with zero attached hydrogens (tertiary/aromatic N) is 2. The van der Waals surface area contributed by atoms with Gasteiger partial charge in [-0.25, -0.2) is 0 Å². The number of thioether (sulfide) groups is 1. The molecule has 0 unspecified atom stereocenters. The smallest absolute Gasteiger partial charge is 0.252 e. The SMILES string of the molecule is Cc1noc(CSc2ccccc2C(=O)NCC2(c3ccccc3)CCCC2)n1. The Bertz CT molecular complexity index is 965. The Morgan fingerprint density at radius 3 is 2.55 bits per heavy atom. The largest absolute Gasteiger partial charge is 0.351 e. The molecule has 0 radical (unpaired) electrons. The molecule has 1 N–H and O–H groups in total. The second-order valence-corrected chi connectivity index (χ2v) is 8.57. The van der Waals surface area contributed by atoms with Crippen molar-refractivity contribution in [2.75, 3.05) is 6.54 Å². The van der Waals surface area contributed by atoms with Crippen molar-refractivity contribution in [2.45, 2.75) is 48.7 Å². The molecule has 1 fully saturated rings. The Labute approximate surface area is 175 Å². The van der Waals surface area contributed by atoms with Gasteiger partial charge >= 0.3 is 0 Å². The van der Waals surface area contributed by atoms with E-state index in [-0.39, 0.29) is 11.3 Å². The fourth-order valence-electron chi connectivity index (χ4n) is 4.07. The summed E-state index contributed by atoms with van der Waals surface area (Å²) in [6.45, 7) is 2.46. The lowest BCUT2D eigenvalue weighted by Crippen LogP contribution is -2.39. The van der Waals surface area contributed by atoms with E-state index in [1.165, 1.54) is 30.2 Å². The van der Waals surface area contributed by atoms with Crippen LogP contribution in [-0.2, 0) is 11.2 Å². The van der Waals surface area contributed by atoms with Crippen molar-refractivity contribution in [3.63, 3.8) is 0 Å². The highest BCUT2D eigenvalue weighted by molar-refractivity contribution is 7.98. The first-order chi connectivity index (χ1) is 14.2. The Morgan fingerprint density at radius 1 is 1.10 bits per heavy atom. The molecule has 1 heterocycles. The average molecular weight is 408 g/mol. The van der Waals surface area contributed by atoms with Crippen molar-refractivity contribution in [2.24, 2.45) is 0 Å². The van der Waals surface area contributed by atoms with Gasteiger partial charge in [0.05, 0.1) is 11.3 Å². The zero-order chi connectivity index (χ0) is 20.1. The van der Waals surface area contributed by atoms with Crippen molar-refractivity contribution in [1.82, 2.24) is 15.5 Å². The van der Waals surface area contributed by atoms with Gasteiger partial charge in [-0.1, -0.05) is 60.5 Å². The van der Waals surface area contributed by atoms with Crippen LogP contribution in [0.4, 0.5) is 0 Å². The summed E-state index contributed by atoms with van der Waals surface area (Å²) in [5.41, 5.74) is 2.06. The number of amides is 1. The summed E-state index contributed by atoms with van der Waals surface area (Å²) in [5.74, 6) is 1.70. The van der Waals surface area contributed by atoms with E-state index in [0.717, 1.165) is 17.7 Å². The monoisotopic (exact) mass is 407 g/mol. The molecule has 1 aromatic heterocycles. The minimum absolute atomic E-state index is 0.0305. The molecule has 1 aliphatic rings. The summed E-state index contributed by atoms with van der Waals surface area (Å²) in [6.07, 6.45) is 4.65. The average Bonchev–Trinajstić information content (AvgIpc) is 3.41. The number of carbonyl (C=O) groups is 1. The van der Waals surface area contributed by atoms with E-state index < -0.39 is 0 Å². The molecule has 0 atom stereocenters. The topological polar surface area (TPSA) is 68.0 Å². The molecule has 0 spiro atoms. The van der Waals surface area contributed by atoms with Crippen LogP contribution >= 0.6 is 11.8 Å². The summed E-state index contributed by atoms with van der Waals surface area (Å²) >= 11 is 1.54. The van der Waals surface area contributed by atoms with Gasteiger partial charge in [0.1, 0.15) is 0 Å². The minimum atomic E-state index is -0.0305. The zero-order valence-corrected chi connectivity index (χ0v) is 17.4. The van der Waals surface area contributed by atoms with E-state index in [1.807, 2.05) is 30.3 Å². The van der Waals surface area contributed by atoms with Crippen LogP contribution in [0.3, 0.4) is 0 Å². The number of hydrogen-bond donors (Lipinski definition) is 1.